The van der Waals surface area contributed by atoms with Gasteiger partial charge in [0.15, 0.2) is 0 Å². The van der Waals surface area contributed by atoms with Crippen LogP contribution in [0.15, 0.2) is 12.2 Å². The number of aliphatic carboxylic acids is 1. The number of aliphatic hydroxyl groups excluding tert-OH is 2. The van der Waals surface area contributed by atoms with Gasteiger partial charge in [0.2, 0.25) is 0 Å². The van der Waals surface area contributed by atoms with Crippen molar-refractivity contribution in [2.75, 3.05) is 0 Å². The van der Waals surface area contributed by atoms with Crippen molar-refractivity contribution in [1.82, 2.24) is 0 Å². The van der Waals surface area contributed by atoms with E-state index in [2.05, 4.69) is 18.8 Å². The Kier molecular flexibility index (Phi) is 9.66. The molecule has 3 N–H and O–H groups in total. The second kappa shape index (κ2) is 11.3. The third-order valence-electron chi connectivity index (χ3n) is 4.43. The van der Waals surface area contributed by atoms with Crippen molar-refractivity contribution < 1.29 is 20.1 Å². The van der Waals surface area contributed by atoms with Gasteiger partial charge in [-0.25, -0.2) is 0 Å². The van der Waals surface area contributed by atoms with E-state index in [4.69, 9.17) is 5.11 Å². The molecule has 0 aromatic rings. The molecule has 0 saturated heterocycles. The molecule has 130 valence electrons. The summed E-state index contributed by atoms with van der Waals surface area (Å²) in [6.45, 7) is 2.11. The Morgan fingerprint density at radius 1 is 1.30 bits per heavy atom. The summed E-state index contributed by atoms with van der Waals surface area (Å²) in [6.07, 6.45) is 9.74. The molecule has 1 rings (SSSR count). The van der Waals surface area contributed by atoms with Crippen LogP contribution in [0.1, 0.15) is 64.7 Å². The first-order valence-corrected chi connectivity index (χ1v) is 8.76. The maximum absolute atomic E-state index is 10.4. The van der Waals surface area contributed by atoms with Crippen molar-refractivity contribution in [3.63, 3.8) is 0 Å². The van der Waals surface area contributed by atoms with Gasteiger partial charge in [0, 0.05) is 25.2 Å². The molecular weight excluding hydrogens is 292 g/mol. The van der Waals surface area contributed by atoms with Crippen LogP contribution in [0.25, 0.3) is 0 Å². The first-order chi connectivity index (χ1) is 11.0. The highest BCUT2D eigenvalue weighted by molar-refractivity contribution is 5.66. The third-order valence-corrected chi connectivity index (χ3v) is 4.43. The summed E-state index contributed by atoms with van der Waals surface area (Å²) in [5.74, 6) is 5.70. The van der Waals surface area contributed by atoms with E-state index < -0.39 is 12.1 Å². The molecule has 23 heavy (non-hydrogen) atoms. The molecule has 0 aromatic carbocycles. The summed E-state index contributed by atoms with van der Waals surface area (Å²) in [6, 6.07) is 0. The molecule has 0 heterocycles. The second-order valence-electron chi connectivity index (χ2n) is 6.37. The Labute approximate surface area is 139 Å². The van der Waals surface area contributed by atoms with Gasteiger partial charge in [0.05, 0.1) is 12.2 Å². The van der Waals surface area contributed by atoms with Gasteiger partial charge in [0.1, 0.15) is 0 Å². The fourth-order valence-corrected chi connectivity index (χ4v) is 2.99. The van der Waals surface area contributed by atoms with E-state index in [0.717, 1.165) is 32.1 Å². The predicted octanol–water partition coefficient (Wildman–Crippen LogP) is 3.13. The molecular formula is C19H30O4. The monoisotopic (exact) mass is 322 g/mol. The first kappa shape index (κ1) is 19.7. The van der Waals surface area contributed by atoms with E-state index in [1.807, 2.05) is 12.2 Å². The topological polar surface area (TPSA) is 77.8 Å². The Balaban J connectivity index is 2.40. The van der Waals surface area contributed by atoms with Gasteiger partial charge in [-0.2, -0.15) is 0 Å². The van der Waals surface area contributed by atoms with Gasteiger partial charge in [-0.3, -0.25) is 4.79 Å². The smallest absolute Gasteiger partial charge is 0.303 e. The van der Waals surface area contributed by atoms with Crippen LogP contribution in [0.4, 0.5) is 0 Å². The molecule has 1 aliphatic rings. The van der Waals surface area contributed by atoms with Crippen LogP contribution in [0.2, 0.25) is 0 Å². The second-order valence-corrected chi connectivity index (χ2v) is 6.37. The van der Waals surface area contributed by atoms with E-state index in [0.29, 0.717) is 19.3 Å². The maximum Gasteiger partial charge on any atom is 0.303 e. The molecule has 0 bridgehead atoms. The molecule has 4 atom stereocenters. The van der Waals surface area contributed by atoms with E-state index >= 15 is 0 Å². The van der Waals surface area contributed by atoms with E-state index in [1.54, 1.807) is 0 Å². The Morgan fingerprint density at radius 3 is 2.78 bits per heavy atom. The number of unbranched alkanes of at least 4 members (excludes halogenated alkanes) is 2. The van der Waals surface area contributed by atoms with Crippen LogP contribution in [-0.2, 0) is 4.79 Å². The maximum atomic E-state index is 10.4. The number of carboxylic acids is 1. The molecule has 1 fully saturated rings. The van der Waals surface area contributed by atoms with E-state index in [9.17, 15) is 15.0 Å². The number of hydrogen-bond acceptors (Lipinski definition) is 3. The average Bonchev–Trinajstić information content (AvgIpc) is 2.86. The molecule has 4 nitrogen and oxygen atoms in total. The van der Waals surface area contributed by atoms with E-state index in [-0.39, 0.29) is 24.4 Å². The standard InChI is InChI=1S/C19H30O4/c1-2-3-8-16(20)13-11-15-12-14-18(21)17(15)9-6-4-5-7-10-19(22)23/h11,13,15-18,20-21H,2-3,5,7-10,12,14H2,1H3,(H,22,23)/b13-11+. The minimum absolute atomic E-state index is 0.122. The molecule has 1 saturated carbocycles. The number of rotatable bonds is 9. The highest BCUT2D eigenvalue weighted by Gasteiger charge is 2.32. The third kappa shape index (κ3) is 8.20. The SMILES string of the molecule is CCCCC(O)/C=C/C1CCC(O)C1CC#CCCCC(=O)O. The van der Waals surface area contributed by atoms with Gasteiger partial charge in [-0.05, 0) is 31.6 Å². The van der Waals surface area contributed by atoms with Gasteiger partial charge >= 0.3 is 5.97 Å². The lowest BCUT2D eigenvalue weighted by molar-refractivity contribution is -0.137. The predicted molar refractivity (Wildman–Crippen MR) is 90.8 cm³/mol. The normalized spacial score (nSPS) is 25.3. The summed E-state index contributed by atoms with van der Waals surface area (Å²) in [7, 11) is 0. The lowest BCUT2D eigenvalue weighted by Crippen LogP contribution is -2.17. The van der Waals surface area contributed by atoms with E-state index in [1.165, 1.54) is 0 Å². The molecule has 0 amide bonds. The van der Waals surface area contributed by atoms with Crippen molar-refractivity contribution in [2.45, 2.75) is 76.9 Å². The molecule has 1 aliphatic carbocycles. The van der Waals surface area contributed by atoms with Crippen LogP contribution in [0, 0.1) is 23.7 Å². The number of aliphatic hydroxyl groups is 2. The van der Waals surface area contributed by atoms with Crippen LogP contribution in [0.3, 0.4) is 0 Å². The molecule has 4 heteroatoms. The molecule has 0 aliphatic heterocycles. The largest absolute Gasteiger partial charge is 0.481 e. The number of hydrogen-bond donors (Lipinski definition) is 3. The van der Waals surface area contributed by atoms with Crippen molar-refractivity contribution >= 4 is 5.97 Å². The zero-order chi connectivity index (χ0) is 17.1. The van der Waals surface area contributed by atoms with Crippen molar-refractivity contribution in [3.8, 4) is 11.8 Å². The highest BCUT2D eigenvalue weighted by atomic mass is 16.4. The van der Waals surface area contributed by atoms with Crippen molar-refractivity contribution in [1.29, 1.82) is 0 Å². The number of carboxylic acid groups (broad SMARTS) is 1. The zero-order valence-electron chi connectivity index (χ0n) is 14.1. The van der Waals surface area contributed by atoms with Gasteiger partial charge < -0.3 is 15.3 Å². The Hall–Kier alpha value is -1.31. The Bertz CT molecular complexity index is 432. The summed E-state index contributed by atoms with van der Waals surface area (Å²) in [5, 5.41) is 28.5. The fraction of sp³-hybridized carbons (Fsp3) is 0.737. The summed E-state index contributed by atoms with van der Waals surface area (Å²) >= 11 is 0. The lowest BCUT2D eigenvalue weighted by Gasteiger charge is -2.17. The minimum atomic E-state index is -0.787. The fourth-order valence-electron chi connectivity index (χ4n) is 2.99. The quantitative estimate of drug-likeness (QED) is 0.346. The summed E-state index contributed by atoms with van der Waals surface area (Å²) in [4.78, 5) is 10.4. The Morgan fingerprint density at radius 2 is 2.09 bits per heavy atom. The minimum Gasteiger partial charge on any atom is -0.481 e. The molecule has 0 spiro atoms. The van der Waals surface area contributed by atoms with Crippen molar-refractivity contribution in [2.24, 2.45) is 11.8 Å². The molecule has 4 unspecified atom stereocenters. The van der Waals surface area contributed by atoms with Gasteiger partial charge in [0.25, 0.3) is 0 Å². The number of allylic oxidation sites excluding steroid dienone is 1. The van der Waals surface area contributed by atoms with Crippen LogP contribution >= 0.6 is 0 Å². The van der Waals surface area contributed by atoms with Crippen LogP contribution in [0.5, 0.6) is 0 Å². The highest BCUT2D eigenvalue weighted by Crippen LogP contribution is 2.35. The first-order valence-electron chi connectivity index (χ1n) is 8.76. The number of carbonyl (C=O) groups is 1. The van der Waals surface area contributed by atoms with Crippen LogP contribution < -0.4 is 0 Å². The van der Waals surface area contributed by atoms with Crippen LogP contribution in [-0.4, -0.2) is 33.5 Å². The van der Waals surface area contributed by atoms with Crippen molar-refractivity contribution in [3.05, 3.63) is 12.2 Å². The molecule has 0 aromatic heterocycles. The molecule has 0 radical (unpaired) electrons. The van der Waals surface area contributed by atoms with Gasteiger partial charge in [-0.15, -0.1) is 11.8 Å². The zero-order valence-corrected chi connectivity index (χ0v) is 14.1. The average molecular weight is 322 g/mol. The lowest BCUT2D eigenvalue weighted by atomic mass is 9.91. The summed E-state index contributed by atoms with van der Waals surface area (Å²) < 4.78 is 0. The summed E-state index contributed by atoms with van der Waals surface area (Å²) in [5.41, 5.74) is 0. The van der Waals surface area contributed by atoms with Gasteiger partial charge in [-0.1, -0.05) is 31.9 Å².